The van der Waals surface area contributed by atoms with E-state index < -0.39 is 9.84 Å². The first kappa shape index (κ1) is 13.0. The first-order valence-corrected chi connectivity index (χ1v) is 8.15. The van der Waals surface area contributed by atoms with Crippen molar-refractivity contribution < 1.29 is 8.42 Å². The number of hydrogen-bond donors (Lipinski definition) is 1. The SMILES string of the molecule is CN(C(=S)N1CCNCC1)C1CCS(=O)(=O)C1. The molecular weight excluding hydrogens is 258 g/mol. The fourth-order valence-corrected chi connectivity index (χ4v) is 4.42. The molecule has 7 heteroatoms. The molecule has 0 spiro atoms. The fourth-order valence-electron chi connectivity index (χ4n) is 2.32. The summed E-state index contributed by atoms with van der Waals surface area (Å²) in [5.74, 6) is 0.544. The van der Waals surface area contributed by atoms with E-state index in [4.69, 9.17) is 12.2 Å². The maximum Gasteiger partial charge on any atom is 0.171 e. The zero-order valence-electron chi connectivity index (χ0n) is 10.1. The van der Waals surface area contributed by atoms with E-state index >= 15 is 0 Å². The van der Waals surface area contributed by atoms with E-state index in [1.807, 2.05) is 11.9 Å². The molecule has 1 unspecified atom stereocenters. The average Bonchev–Trinajstić information content (AvgIpc) is 2.69. The van der Waals surface area contributed by atoms with Crippen molar-refractivity contribution in [2.75, 3.05) is 44.7 Å². The molecule has 2 fully saturated rings. The number of nitrogens with zero attached hydrogens (tertiary/aromatic N) is 2. The molecule has 17 heavy (non-hydrogen) atoms. The number of thiocarbonyl (C=S) groups is 1. The Morgan fingerprint density at radius 3 is 2.59 bits per heavy atom. The van der Waals surface area contributed by atoms with E-state index in [0.717, 1.165) is 31.3 Å². The Hall–Kier alpha value is -0.400. The summed E-state index contributed by atoms with van der Waals surface area (Å²) in [4.78, 5) is 4.11. The van der Waals surface area contributed by atoms with Gasteiger partial charge in [-0.1, -0.05) is 0 Å². The third-order valence-corrected chi connectivity index (χ3v) is 5.74. The lowest BCUT2D eigenvalue weighted by Crippen LogP contribution is -2.52. The lowest BCUT2D eigenvalue weighted by molar-refractivity contribution is 0.292. The Kier molecular flexibility index (Phi) is 3.89. The van der Waals surface area contributed by atoms with E-state index in [1.54, 1.807) is 0 Å². The maximum atomic E-state index is 11.5. The summed E-state index contributed by atoms with van der Waals surface area (Å²) in [6.07, 6.45) is 0.699. The topological polar surface area (TPSA) is 52.6 Å². The predicted octanol–water partition coefficient (Wildman–Crippen LogP) is -0.705. The van der Waals surface area contributed by atoms with Gasteiger partial charge in [0.25, 0.3) is 0 Å². The minimum Gasteiger partial charge on any atom is -0.348 e. The van der Waals surface area contributed by atoms with E-state index in [-0.39, 0.29) is 11.8 Å². The van der Waals surface area contributed by atoms with Crippen molar-refractivity contribution >= 4 is 27.2 Å². The van der Waals surface area contributed by atoms with Crippen molar-refractivity contribution in [3.8, 4) is 0 Å². The van der Waals surface area contributed by atoms with Crippen LogP contribution in [0.2, 0.25) is 0 Å². The Morgan fingerprint density at radius 1 is 1.41 bits per heavy atom. The quantitative estimate of drug-likeness (QED) is 0.640. The van der Waals surface area contributed by atoms with Crippen LogP contribution in [-0.2, 0) is 9.84 Å². The van der Waals surface area contributed by atoms with Crippen LogP contribution in [0.4, 0.5) is 0 Å². The first-order valence-electron chi connectivity index (χ1n) is 5.92. The minimum absolute atomic E-state index is 0.0578. The summed E-state index contributed by atoms with van der Waals surface area (Å²) in [5, 5.41) is 4.06. The molecule has 0 aliphatic carbocycles. The monoisotopic (exact) mass is 277 g/mol. The van der Waals surface area contributed by atoms with Crippen molar-refractivity contribution in [2.24, 2.45) is 0 Å². The molecule has 2 aliphatic heterocycles. The smallest absolute Gasteiger partial charge is 0.171 e. The van der Waals surface area contributed by atoms with Crippen LogP contribution in [0.5, 0.6) is 0 Å². The van der Waals surface area contributed by atoms with E-state index in [2.05, 4.69) is 10.2 Å². The van der Waals surface area contributed by atoms with Crippen LogP contribution in [-0.4, -0.2) is 74.1 Å². The van der Waals surface area contributed by atoms with Gasteiger partial charge in [0, 0.05) is 39.3 Å². The zero-order valence-corrected chi connectivity index (χ0v) is 11.7. The molecule has 0 aromatic rings. The average molecular weight is 277 g/mol. The Morgan fingerprint density at radius 2 is 2.06 bits per heavy atom. The van der Waals surface area contributed by atoms with Crippen LogP contribution in [0, 0.1) is 0 Å². The highest BCUT2D eigenvalue weighted by molar-refractivity contribution is 7.91. The van der Waals surface area contributed by atoms with Gasteiger partial charge >= 0.3 is 0 Å². The molecule has 0 aromatic carbocycles. The minimum atomic E-state index is -2.84. The Bertz CT molecular complexity index is 390. The van der Waals surface area contributed by atoms with Gasteiger partial charge in [-0.3, -0.25) is 0 Å². The highest BCUT2D eigenvalue weighted by Crippen LogP contribution is 2.18. The molecule has 1 atom stereocenters. The molecule has 0 amide bonds. The lowest BCUT2D eigenvalue weighted by atomic mass is 10.2. The van der Waals surface area contributed by atoms with Gasteiger partial charge in [-0.05, 0) is 18.6 Å². The second-order valence-electron chi connectivity index (χ2n) is 4.69. The Labute approximate surface area is 108 Å². The van der Waals surface area contributed by atoms with Gasteiger partial charge in [0.15, 0.2) is 14.9 Å². The van der Waals surface area contributed by atoms with Crippen molar-refractivity contribution in [3.63, 3.8) is 0 Å². The normalized spacial score (nSPS) is 28.1. The molecule has 5 nitrogen and oxygen atoms in total. The van der Waals surface area contributed by atoms with Crippen molar-refractivity contribution in [1.29, 1.82) is 0 Å². The van der Waals surface area contributed by atoms with E-state index in [9.17, 15) is 8.42 Å². The highest BCUT2D eigenvalue weighted by atomic mass is 32.2. The van der Waals surface area contributed by atoms with Crippen LogP contribution in [0.15, 0.2) is 0 Å². The summed E-state index contributed by atoms with van der Waals surface area (Å²) < 4.78 is 22.9. The fraction of sp³-hybridized carbons (Fsp3) is 0.900. The molecule has 98 valence electrons. The second kappa shape index (κ2) is 5.07. The summed E-state index contributed by atoms with van der Waals surface area (Å²) >= 11 is 5.44. The predicted molar refractivity (Wildman–Crippen MR) is 71.9 cm³/mol. The van der Waals surface area contributed by atoms with Crippen LogP contribution in [0.3, 0.4) is 0 Å². The van der Waals surface area contributed by atoms with E-state index in [0.29, 0.717) is 12.2 Å². The van der Waals surface area contributed by atoms with Gasteiger partial charge in [-0.15, -0.1) is 0 Å². The number of rotatable bonds is 1. The number of sulfone groups is 1. The Balaban J connectivity index is 1.95. The molecular formula is C10H19N3O2S2. The number of piperazine rings is 1. The zero-order chi connectivity index (χ0) is 12.5. The largest absolute Gasteiger partial charge is 0.348 e. The van der Waals surface area contributed by atoms with Crippen LogP contribution < -0.4 is 5.32 Å². The third-order valence-electron chi connectivity index (χ3n) is 3.45. The summed E-state index contributed by atoms with van der Waals surface area (Å²) in [6.45, 7) is 3.69. The molecule has 0 aromatic heterocycles. The first-order chi connectivity index (χ1) is 7.99. The molecule has 0 saturated carbocycles. The van der Waals surface area contributed by atoms with E-state index in [1.165, 1.54) is 0 Å². The van der Waals surface area contributed by atoms with Crippen LogP contribution in [0.25, 0.3) is 0 Å². The van der Waals surface area contributed by atoms with Crippen LogP contribution in [0.1, 0.15) is 6.42 Å². The van der Waals surface area contributed by atoms with Gasteiger partial charge in [-0.2, -0.15) is 0 Å². The van der Waals surface area contributed by atoms with Gasteiger partial charge in [-0.25, -0.2) is 8.42 Å². The molecule has 2 rings (SSSR count). The molecule has 2 saturated heterocycles. The molecule has 2 aliphatic rings. The van der Waals surface area contributed by atoms with Crippen molar-refractivity contribution in [3.05, 3.63) is 0 Å². The summed E-state index contributed by atoms with van der Waals surface area (Å²) in [7, 11) is -0.924. The molecule has 1 N–H and O–H groups in total. The molecule has 0 radical (unpaired) electrons. The highest BCUT2D eigenvalue weighted by Gasteiger charge is 2.32. The number of hydrogen-bond acceptors (Lipinski definition) is 4. The third kappa shape index (κ3) is 3.08. The van der Waals surface area contributed by atoms with Gasteiger partial charge < -0.3 is 15.1 Å². The molecule has 0 bridgehead atoms. The summed E-state index contributed by atoms with van der Waals surface area (Å²) in [6, 6.07) is 0.0578. The van der Waals surface area contributed by atoms with Crippen LogP contribution >= 0.6 is 12.2 Å². The second-order valence-corrected chi connectivity index (χ2v) is 7.28. The van der Waals surface area contributed by atoms with Crippen molar-refractivity contribution in [2.45, 2.75) is 12.5 Å². The standard InChI is InChI=1S/C10H19N3O2S2/c1-12(9-2-7-17(14,15)8-9)10(16)13-5-3-11-4-6-13/h9,11H,2-8H2,1H3. The number of nitrogens with one attached hydrogen (secondary N) is 1. The molecule has 2 heterocycles. The lowest BCUT2D eigenvalue weighted by Gasteiger charge is -2.36. The van der Waals surface area contributed by atoms with Crippen molar-refractivity contribution in [1.82, 2.24) is 15.1 Å². The maximum absolute atomic E-state index is 11.5. The van der Waals surface area contributed by atoms with Gasteiger partial charge in [0.2, 0.25) is 0 Å². The van der Waals surface area contributed by atoms with Gasteiger partial charge in [0.05, 0.1) is 11.5 Å². The van der Waals surface area contributed by atoms with Gasteiger partial charge in [0.1, 0.15) is 0 Å². The summed E-state index contributed by atoms with van der Waals surface area (Å²) in [5.41, 5.74) is 0.